The van der Waals surface area contributed by atoms with E-state index in [2.05, 4.69) is 15.2 Å². The summed E-state index contributed by atoms with van der Waals surface area (Å²) in [5, 5.41) is 3.56. The Labute approximate surface area is 225 Å². The van der Waals surface area contributed by atoms with Crippen LogP contribution in [0.3, 0.4) is 0 Å². The summed E-state index contributed by atoms with van der Waals surface area (Å²) in [5.74, 6) is -0.158. The van der Waals surface area contributed by atoms with Gasteiger partial charge in [0.1, 0.15) is 0 Å². The Morgan fingerprint density at radius 3 is 2.40 bits per heavy atom. The lowest BCUT2D eigenvalue weighted by molar-refractivity contribution is -0.113. The molecule has 0 unspecified atom stereocenters. The molecule has 2 amide bonds. The second-order valence-electron chi connectivity index (χ2n) is 9.06. The molecule has 3 rings (SSSR count). The molecule has 194 valence electrons. The minimum absolute atomic E-state index is 0. The molecular formula is C25H36Cl3N5O2. The zero-order chi connectivity index (χ0) is 24.3. The molecule has 0 saturated carbocycles. The van der Waals surface area contributed by atoms with Gasteiger partial charge in [0.25, 0.3) is 11.8 Å². The first-order chi connectivity index (χ1) is 15.6. The van der Waals surface area contributed by atoms with Crippen molar-refractivity contribution in [3.63, 3.8) is 0 Å². The lowest BCUT2D eigenvalue weighted by atomic mass is 10.0. The van der Waals surface area contributed by atoms with Crippen LogP contribution < -0.4 is 10.2 Å². The number of H-pyrrole nitrogens is 1. The third kappa shape index (κ3) is 7.24. The minimum atomic E-state index is -0.112. The largest absolute Gasteiger partial charge is 0.358 e. The van der Waals surface area contributed by atoms with Gasteiger partial charge in [0.15, 0.2) is 0 Å². The van der Waals surface area contributed by atoms with Gasteiger partial charge in [0.2, 0.25) is 0 Å². The van der Waals surface area contributed by atoms with Crippen LogP contribution in [0.1, 0.15) is 39.3 Å². The number of carbonyl (C=O) groups excluding carboxylic acids is 2. The van der Waals surface area contributed by atoms with Crippen LogP contribution in [0.2, 0.25) is 5.02 Å². The van der Waals surface area contributed by atoms with Crippen LogP contribution in [-0.4, -0.2) is 81.0 Å². The van der Waals surface area contributed by atoms with Crippen LogP contribution in [-0.2, 0) is 4.79 Å². The molecular weight excluding hydrogens is 509 g/mol. The van der Waals surface area contributed by atoms with E-state index in [-0.39, 0.29) is 36.6 Å². The number of aromatic amines is 1. The number of likely N-dealkylation sites (N-methyl/N-ethyl adjacent to an activating group) is 1. The maximum absolute atomic E-state index is 13.4. The second kappa shape index (κ2) is 13.3. The maximum Gasteiger partial charge on any atom is 0.259 e. The number of anilines is 1. The quantitative estimate of drug-likeness (QED) is 0.463. The van der Waals surface area contributed by atoms with Gasteiger partial charge in [-0.05, 0) is 84.8 Å². The Morgan fingerprint density at radius 1 is 1.11 bits per heavy atom. The third-order valence-electron chi connectivity index (χ3n) is 5.84. The van der Waals surface area contributed by atoms with Crippen LogP contribution in [0.25, 0.3) is 11.6 Å². The SMILES string of the molecule is Cc1[nH]c(/C=C2\C(=O)N(CCCN(C)C)c3ccc(Cl)cc32)c(C)c1C(=O)NCCN(C)C.Cl.Cl. The number of amides is 2. The van der Waals surface area contributed by atoms with Crippen molar-refractivity contribution in [3.05, 3.63) is 51.3 Å². The summed E-state index contributed by atoms with van der Waals surface area (Å²) in [7, 11) is 7.98. The van der Waals surface area contributed by atoms with Gasteiger partial charge in [0.05, 0.1) is 16.8 Å². The molecule has 2 aromatic rings. The van der Waals surface area contributed by atoms with Crippen molar-refractivity contribution in [2.45, 2.75) is 20.3 Å². The molecule has 0 saturated heterocycles. The number of fused-ring (bicyclic) bond motifs is 1. The molecule has 1 aromatic heterocycles. The minimum Gasteiger partial charge on any atom is -0.358 e. The number of nitrogens with zero attached hydrogens (tertiary/aromatic N) is 3. The maximum atomic E-state index is 13.4. The summed E-state index contributed by atoms with van der Waals surface area (Å²) in [6, 6.07) is 5.56. The molecule has 7 nitrogen and oxygen atoms in total. The van der Waals surface area contributed by atoms with Gasteiger partial charge in [-0.2, -0.15) is 0 Å². The molecule has 1 aromatic carbocycles. The van der Waals surface area contributed by atoms with Gasteiger partial charge in [-0.15, -0.1) is 24.8 Å². The van der Waals surface area contributed by atoms with Crippen molar-refractivity contribution in [2.75, 3.05) is 59.3 Å². The fourth-order valence-electron chi connectivity index (χ4n) is 4.12. The first-order valence-corrected chi connectivity index (χ1v) is 11.6. The third-order valence-corrected chi connectivity index (χ3v) is 6.07. The highest BCUT2D eigenvalue weighted by Gasteiger charge is 2.32. The number of rotatable bonds is 9. The summed E-state index contributed by atoms with van der Waals surface area (Å²) in [6.45, 7) is 6.65. The van der Waals surface area contributed by atoms with Gasteiger partial charge in [-0.3, -0.25) is 9.59 Å². The lowest BCUT2D eigenvalue weighted by Gasteiger charge is -2.18. The first-order valence-electron chi connectivity index (χ1n) is 11.2. The Balaban J connectivity index is 0.00000306. The number of benzene rings is 1. The van der Waals surface area contributed by atoms with E-state index in [9.17, 15) is 9.59 Å². The Morgan fingerprint density at radius 2 is 1.77 bits per heavy atom. The fourth-order valence-corrected chi connectivity index (χ4v) is 4.29. The van der Waals surface area contributed by atoms with Gasteiger partial charge in [-0.25, -0.2) is 0 Å². The van der Waals surface area contributed by atoms with E-state index in [0.29, 0.717) is 29.2 Å². The van der Waals surface area contributed by atoms with Gasteiger partial charge in [-0.1, -0.05) is 11.6 Å². The van der Waals surface area contributed by atoms with Crippen LogP contribution in [0.5, 0.6) is 0 Å². The number of hydrogen-bond acceptors (Lipinski definition) is 4. The highest BCUT2D eigenvalue weighted by atomic mass is 35.5. The molecule has 1 aliphatic rings. The first kappa shape index (κ1) is 31.0. The van der Waals surface area contributed by atoms with Crippen LogP contribution in [0.4, 0.5) is 5.69 Å². The Kier molecular flexibility index (Phi) is 11.8. The molecule has 0 radical (unpaired) electrons. The molecule has 0 atom stereocenters. The number of aromatic nitrogens is 1. The molecule has 1 aliphatic heterocycles. The summed E-state index contributed by atoms with van der Waals surface area (Å²) < 4.78 is 0. The summed E-state index contributed by atoms with van der Waals surface area (Å²) >= 11 is 6.28. The molecule has 0 fully saturated rings. The van der Waals surface area contributed by atoms with Gasteiger partial charge >= 0.3 is 0 Å². The van der Waals surface area contributed by atoms with E-state index in [1.54, 1.807) is 0 Å². The van der Waals surface area contributed by atoms with E-state index in [1.165, 1.54) is 0 Å². The topological polar surface area (TPSA) is 71.7 Å². The summed E-state index contributed by atoms with van der Waals surface area (Å²) in [5.41, 5.74) is 5.26. The average molecular weight is 545 g/mol. The number of nitrogens with one attached hydrogen (secondary N) is 2. The smallest absolute Gasteiger partial charge is 0.259 e. The monoisotopic (exact) mass is 543 g/mol. The molecule has 35 heavy (non-hydrogen) atoms. The number of aryl methyl sites for hydroxylation is 1. The molecule has 10 heteroatoms. The molecule has 2 heterocycles. The predicted molar refractivity (Wildman–Crippen MR) is 150 cm³/mol. The number of carbonyl (C=O) groups is 2. The molecule has 0 aliphatic carbocycles. The number of hydrogen-bond donors (Lipinski definition) is 2. The van der Waals surface area contributed by atoms with Crippen molar-refractivity contribution in [3.8, 4) is 0 Å². The zero-order valence-electron chi connectivity index (χ0n) is 21.2. The molecule has 2 N–H and O–H groups in total. The van der Waals surface area contributed by atoms with Crippen molar-refractivity contribution in [1.82, 2.24) is 20.1 Å². The van der Waals surface area contributed by atoms with Crippen LogP contribution >= 0.6 is 36.4 Å². The fraction of sp³-hybridized carbons (Fsp3) is 0.440. The van der Waals surface area contributed by atoms with Crippen molar-refractivity contribution < 1.29 is 9.59 Å². The van der Waals surface area contributed by atoms with E-state index in [4.69, 9.17) is 11.6 Å². The van der Waals surface area contributed by atoms with E-state index in [0.717, 1.165) is 47.7 Å². The average Bonchev–Trinajstić information content (AvgIpc) is 3.15. The zero-order valence-corrected chi connectivity index (χ0v) is 23.6. The predicted octanol–water partition coefficient (Wildman–Crippen LogP) is 4.26. The highest BCUT2D eigenvalue weighted by Crippen LogP contribution is 2.39. The standard InChI is InChI=1S/C25H34ClN5O2.2ClH/c1-16-21(28-17(2)23(16)24(32)27-10-13-30(5)6)15-20-19-14-18(26)8-9-22(19)31(25(20)33)12-7-11-29(3)4;;/h8-9,14-15,28H,7,10-13H2,1-6H3,(H,27,32);2*1H/b20-15-;;. The second-order valence-corrected chi connectivity index (χ2v) is 9.49. The Bertz CT molecular complexity index is 1080. The van der Waals surface area contributed by atoms with Gasteiger partial charge in [0, 0.05) is 41.6 Å². The van der Waals surface area contributed by atoms with Crippen LogP contribution in [0, 0.1) is 13.8 Å². The van der Waals surface area contributed by atoms with Crippen molar-refractivity contribution >= 4 is 65.6 Å². The summed E-state index contributed by atoms with van der Waals surface area (Å²) in [6.07, 6.45) is 2.72. The van der Waals surface area contributed by atoms with E-state index >= 15 is 0 Å². The molecule has 0 spiro atoms. The lowest BCUT2D eigenvalue weighted by Crippen LogP contribution is -2.31. The van der Waals surface area contributed by atoms with E-state index in [1.807, 2.05) is 76.1 Å². The number of halogens is 3. The van der Waals surface area contributed by atoms with Crippen molar-refractivity contribution in [1.29, 1.82) is 0 Å². The van der Waals surface area contributed by atoms with Crippen LogP contribution in [0.15, 0.2) is 18.2 Å². The van der Waals surface area contributed by atoms with Gasteiger partial charge < -0.3 is 25.0 Å². The van der Waals surface area contributed by atoms with Crippen molar-refractivity contribution in [2.24, 2.45) is 0 Å². The molecule has 0 bridgehead atoms. The summed E-state index contributed by atoms with van der Waals surface area (Å²) in [4.78, 5) is 35.4. The van der Waals surface area contributed by atoms with E-state index < -0.39 is 0 Å². The normalized spacial score (nSPS) is 13.8. The highest BCUT2D eigenvalue weighted by molar-refractivity contribution is 6.37. The Hall–Kier alpha value is -2.03.